The number of hydrogen-bond donors (Lipinski definition) is 1. The molecule has 0 unspecified atom stereocenters. The van der Waals surface area contributed by atoms with Crippen molar-refractivity contribution >= 4 is 22.3 Å². The molecule has 1 aromatic heterocycles. The Morgan fingerprint density at radius 3 is 2.59 bits per heavy atom. The highest BCUT2D eigenvalue weighted by molar-refractivity contribution is 7.14. The number of aliphatic imine (C=N–C) groups is 1. The minimum Gasteiger partial charge on any atom is -0.497 e. The van der Waals surface area contributed by atoms with Gasteiger partial charge in [0, 0.05) is 39.8 Å². The van der Waals surface area contributed by atoms with E-state index in [1.165, 1.54) is 5.00 Å². The van der Waals surface area contributed by atoms with Gasteiger partial charge in [-0.1, -0.05) is 0 Å². The van der Waals surface area contributed by atoms with Crippen LogP contribution in [-0.2, 0) is 6.42 Å². The van der Waals surface area contributed by atoms with Gasteiger partial charge in [0.05, 0.1) is 19.2 Å². The first-order chi connectivity index (χ1) is 13.2. The zero-order chi connectivity index (χ0) is 19.1. The standard InChI is InChI=1S/C20H28N4O2S/c1-21-20(24-12-10-23(11-13-24)19-5-4-14-27-19)22-9-8-16-15-17(25-2)6-7-18(16)26-3/h4-7,14-15H,8-13H2,1-3H3,(H,21,22). The van der Waals surface area contributed by atoms with E-state index in [1.54, 1.807) is 25.6 Å². The minimum atomic E-state index is 0.793. The van der Waals surface area contributed by atoms with Gasteiger partial charge in [-0.25, -0.2) is 0 Å². The quantitative estimate of drug-likeness (QED) is 0.609. The second kappa shape index (κ2) is 9.50. The topological polar surface area (TPSA) is 49.3 Å². The Balaban J connectivity index is 1.51. The Labute approximate surface area is 165 Å². The normalized spacial score (nSPS) is 15.0. The lowest BCUT2D eigenvalue weighted by Gasteiger charge is -2.37. The summed E-state index contributed by atoms with van der Waals surface area (Å²) in [6, 6.07) is 10.2. The molecule has 0 bridgehead atoms. The van der Waals surface area contributed by atoms with Gasteiger partial charge in [0.2, 0.25) is 0 Å². The van der Waals surface area contributed by atoms with E-state index in [1.807, 2.05) is 25.2 Å². The van der Waals surface area contributed by atoms with Crippen LogP contribution in [0.25, 0.3) is 0 Å². The zero-order valence-corrected chi connectivity index (χ0v) is 17.1. The van der Waals surface area contributed by atoms with Crippen molar-refractivity contribution in [2.45, 2.75) is 6.42 Å². The van der Waals surface area contributed by atoms with E-state index in [0.29, 0.717) is 0 Å². The fourth-order valence-electron chi connectivity index (χ4n) is 3.31. The molecule has 3 rings (SSSR count). The first kappa shape index (κ1) is 19.4. The van der Waals surface area contributed by atoms with Gasteiger partial charge in [0.25, 0.3) is 0 Å². The molecule has 2 aromatic rings. The molecule has 0 saturated carbocycles. The third-order valence-electron chi connectivity index (χ3n) is 4.77. The first-order valence-corrected chi connectivity index (χ1v) is 10.1. The van der Waals surface area contributed by atoms with Crippen LogP contribution in [-0.4, -0.2) is 64.9 Å². The van der Waals surface area contributed by atoms with Crippen LogP contribution < -0.4 is 19.7 Å². The van der Waals surface area contributed by atoms with E-state index in [4.69, 9.17) is 9.47 Å². The Bertz CT molecular complexity index is 740. The molecular formula is C20H28N4O2S. The third-order valence-corrected chi connectivity index (χ3v) is 5.70. The van der Waals surface area contributed by atoms with Crippen molar-refractivity contribution in [3.63, 3.8) is 0 Å². The number of nitrogens with zero attached hydrogens (tertiary/aromatic N) is 3. The SMILES string of the molecule is CN=C(NCCc1cc(OC)ccc1OC)N1CCN(c2cccs2)CC1. The lowest BCUT2D eigenvalue weighted by Crippen LogP contribution is -2.52. The lowest BCUT2D eigenvalue weighted by atomic mass is 10.1. The number of ether oxygens (including phenoxy) is 2. The monoisotopic (exact) mass is 388 g/mol. The molecule has 1 N–H and O–H groups in total. The average molecular weight is 389 g/mol. The number of rotatable bonds is 6. The van der Waals surface area contributed by atoms with Crippen molar-refractivity contribution in [3.05, 3.63) is 41.3 Å². The molecule has 7 heteroatoms. The van der Waals surface area contributed by atoms with E-state index in [-0.39, 0.29) is 0 Å². The van der Waals surface area contributed by atoms with Crippen LogP contribution in [0, 0.1) is 0 Å². The highest BCUT2D eigenvalue weighted by Gasteiger charge is 2.20. The van der Waals surface area contributed by atoms with Crippen LogP contribution in [0.1, 0.15) is 5.56 Å². The summed E-state index contributed by atoms with van der Waals surface area (Å²) in [5, 5.41) is 6.97. The number of nitrogens with one attached hydrogen (secondary N) is 1. The van der Waals surface area contributed by atoms with Crippen molar-refractivity contribution in [1.29, 1.82) is 0 Å². The molecule has 0 amide bonds. The Morgan fingerprint density at radius 2 is 1.96 bits per heavy atom. The number of thiophene rings is 1. The molecule has 1 fully saturated rings. The Morgan fingerprint density at radius 1 is 1.15 bits per heavy atom. The number of anilines is 1. The van der Waals surface area contributed by atoms with Gasteiger partial charge in [-0.2, -0.15) is 0 Å². The second-order valence-corrected chi connectivity index (χ2v) is 7.25. The highest BCUT2D eigenvalue weighted by Crippen LogP contribution is 2.24. The predicted octanol–water partition coefficient (Wildman–Crippen LogP) is 2.71. The zero-order valence-electron chi connectivity index (χ0n) is 16.3. The average Bonchev–Trinajstić information content (AvgIpc) is 3.26. The van der Waals surface area contributed by atoms with Gasteiger partial charge in [-0.15, -0.1) is 11.3 Å². The summed E-state index contributed by atoms with van der Waals surface area (Å²) in [5.41, 5.74) is 1.13. The van der Waals surface area contributed by atoms with Gasteiger partial charge in [-0.3, -0.25) is 4.99 Å². The second-order valence-electron chi connectivity index (χ2n) is 6.33. The number of methoxy groups -OCH3 is 2. The minimum absolute atomic E-state index is 0.793. The maximum atomic E-state index is 5.46. The molecule has 146 valence electrons. The maximum absolute atomic E-state index is 5.46. The molecule has 0 atom stereocenters. The molecule has 1 aromatic carbocycles. The summed E-state index contributed by atoms with van der Waals surface area (Å²) < 4.78 is 10.8. The molecule has 27 heavy (non-hydrogen) atoms. The molecule has 0 aliphatic carbocycles. The van der Waals surface area contributed by atoms with Gasteiger partial charge in [-0.05, 0) is 47.7 Å². The highest BCUT2D eigenvalue weighted by atomic mass is 32.1. The van der Waals surface area contributed by atoms with Crippen LogP contribution in [0.5, 0.6) is 11.5 Å². The molecule has 0 spiro atoms. The van der Waals surface area contributed by atoms with E-state index in [9.17, 15) is 0 Å². The van der Waals surface area contributed by atoms with Crippen LogP contribution in [0.3, 0.4) is 0 Å². The van der Waals surface area contributed by atoms with Crippen molar-refractivity contribution < 1.29 is 9.47 Å². The van der Waals surface area contributed by atoms with E-state index in [0.717, 1.165) is 62.2 Å². The van der Waals surface area contributed by atoms with E-state index < -0.39 is 0 Å². The molecule has 2 heterocycles. The van der Waals surface area contributed by atoms with Crippen molar-refractivity contribution in [3.8, 4) is 11.5 Å². The molecular weight excluding hydrogens is 360 g/mol. The summed E-state index contributed by atoms with van der Waals surface area (Å²) >= 11 is 1.80. The van der Waals surface area contributed by atoms with Crippen LogP contribution in [0.4, 0.5) is 5.00 Å². The van der Waals surface area contributed by atoms with Gasteiger partial charge in [0.1, 0.15) is 11.5 Å². The largest absolute Gasteiger partial charge is 0.497 e. The van der Waals surface area contributed by atoms with Crippen LogP contribution >= 0.6 is 11.3 Å². The summed E-state index contributed by atoms with van der Waals surface area (Å²) in [4.78, 5) is 9.23. The number of benzene rings is 1. The van der Waals surface area contributed by atoms with Crippen molar-refractivity contribution in [2.24, 2.45) is 4.99 Å². The van der Waals surface area contributed by atoms with Crippen LogP contribution in [0.15, 0.2) is 40.7 Å². The first-order valence-electron chi connectivity index (χ1n) is 9.20. The summed E-state index contributed by atoms with van der Waals surface area (Å²) in [6.45, 7) is 4.78. The fraction of sp³-hybridized carbons (Fsp3) is 0.450. The third kappa shape index (κ3) is 4.86. The predicted molar refractivity (Wildman–Crippen MR) is 113 cm³/mol. The fourth-order valence-corrected chi connectivity index (χ4v) is 4.09. The van der Waals surface area contributed by atoms with Crippen molar-refractivity contribution in [2.75, 3.05) is 58.9 Å². The lowest BCUT2D eigenvalue weighted by molar-refractivity contribution is 0.373. The van der Waals surface area contributed by atoms with Gasteiger partial charge < -0.3 is 24.6 Å². The molecule has 6 nitrogen and oxygen atoms in total. The molecule has 1 aliphatic heterocycles. The van der Waals surface area contributed by atoms with E-state index in [2.05, 4.69) is 37.6 Å². The number of hydrogen-bond acceptors (Lipinski definition) is 5. The number of guanidine groups is 1. The summed E-state index contributed by atoms with van der Waals surface area (Å²) in [7, 11) is 5.23. The maximum Gasteiger partial charge on any atom is 0.193 e. The summed E-state index contributed by atoms with van der Waals surface area (Å²) in [5.74, 6) is 2.69. The number of piperazine rings is 1. The molecule has 0 radical (unpaired) electrons. The van der Waals surface area contributed by atoms with Crippen molar-refractivity contribution in [1.82, 2.24) is 10.2 Å². The molecule has 1 aliphatic rings. The van der Waals surface area contributed by atoms with Gasteiger partial charge >= 0.3 is 0 Å². The van der Waals surface area contributed by atoms with E-state index >= 15 is 0 Å². The Hall–Kier alpha value is -2.41. The van der Waals surface area contributed by atoms with Gasteiger partial charge in [0.15, 0.2) is 5.96 Å². The summed E-state index contributed by atoms with van der Waals surface area (Å²) in [6.07, 6.45) is 0.842. The van der Waals surface area contributed by atoms with Crippen LogP contribution in [0.2, 0.25) is 0 Å². The Kier molecular flexibility index (Phi) is 6.81. The smallest absolute Gasteiger partial charge is 0.193 e. The molecule has 1 saturated heterocycles.